The molecule has 1 rings (SSSR count). The van der Waals surface area contributed by atoms with E-state index in [4.69, 9.17) is 4.74 Å². The van der Waals surface area contributed by atoms with Crippen molar-refractivity contribution < 1.29 is 4.74 Å². The van der Waals surface area contributed by atoms with Crippen LogP contribution in [0.4, 0.5) is 0 Å². The summed E-state index contributed by atoms with van der Waals surface area (Å²) in [6.07, 6.45) is 7.44. The second kappa shape index (κ2) is 3.21. The maximum absolute atomic E-state index is 5.29. The fourth-order valence-electron chi connectivity index (χ4n) is 1.50. The first-order valence-electron chi connectivity index (χ1n) is 4.81. The molecule has 74 valence electrons. The standard InChI is InChI=1S/C12H20O/c1-11(2,3)12(4)8-6-7-10(9-12)13-5/h6-8H,9H2,1-5H3. The predicted octanol–water partition coefficient (Wildman–Crippen LogP) is 3.53. The van der Waals surface area contributed by atoms with Gasteiger partial charge in [-0.1, -0.05) is 39.8 Å². The molecule has 0 radical (unpaired) electrons. The summed E-state index contributed by atoms with van der Waals surface area (Å²) in [5.74, 6) is 1.08. The normalized spacial score (nSPS) is 28.5. The highest BCUT2D eigenvalue weighted by Crippen LogP contribution is 2.46. The van der Waals surface area contributed by atoms with Gasteiger partial charge in [0.15, 0.2) is 0 Å². The molecule has 0 aromatic heterocycles. The van der Waals surface area contributed by atoms with Crippen LogP contribution in [0.15, 0.2) is 24.0 Å². The van der Waals surface area contributed by atoms with Gasteiger partial charge in [-0.25, -0.2) is 0 Å². The van der Waals surface area contributed by atoms with Gasteiger partial charge in [0.25, 0.3) is 0 Å². The second-order valence-corrected chi connectivity index (χ2v) is 5.04. The van der Waals surface area contributed by atoms with Crippen molar-refractivity contribution in [2.45, 2.75) is 34.1 Å². The lowest BCUT2D eigenvalue weighted by Crippen LogP contribution is -2.32. The van der Waals surface area contributed by atoms with Crippen LogP contribution < -0.4 is 0 Å². The van der Waals surface area contributed by atoms with Crippen LogP contribution in [0.5, 0.6) is 0 Å². The Bertz CT molecular complexity index is 242. The van der Waals surface area contributed by atoms with Crippen molar-refractivity contribution in [2.75, 3.05) is 7.11 Å². The van der Waals surface area contributed by atoms with Crippen LogP contribution in [0.2, 0.25) is 0 Å². The fraction of sp³-hybridized carbons (Fsp3) is 0.667. The highest BCUT2D eigenvalue weighted by molar-refractivity contribution is 5.21. The molecular formula is C12H20O. The van der Waals surface area contributed by atoms with Crippen molar-refractivity contribution in [1.82, 2.24) is 0 Å². The van der Waals surface area contributed by atoms with Crippen LogP contribution in [0.25, 0.3) is 0 Å². The first kappa shape index (κ1) is 10.4. The van der Waals surface area contributed by atoms with Crippen LogP contribution in [0.3, 0.4) is 0 Å². The van der Waals surface area contributed by atoms with Crippen LogP contribution in [0, 0.1) is 10.8 Å². The molecule has 0 aliphatic heterocycles. The molecule has 0 aromatic rings. The van der Waals surface area contributed by atoms with Crippen molar-refractivity contribution in [3.8, 4) is 0 Å². The minimum absolute atomic E-state index is 0.215. The van der Waals surface area contributed by atoms with Crippen LogP contribution >= 0.6 is 0 Å². The molecule has 0 aromatic carbocycles. The Morgan fingerprint density at radius 2 is 2.00 bits per heavy atom. The average molecular weight is 180 g/mol. The maximum atomic E-state index is 5.29. The molecule has 13 heavy (non-hydrogen) atoms. The van der Waals surface area contributed by atoms with E-state index in [0.717, 1.165) is 12.2 Å². The molecule has 1 aliphatic carbocycles. The summed E-state index contributed by atoms with van der Waals surface area (Å²) in [4.78, 5) is 0. The zero-order chi connectivity index (χ0) is 10.1. The highest BCUT2D eigenvalue weighted by Gasteiger charge is 2.37. The molecule has 1 unspecified atom stereocenters. The highest BCUT2D eigenvalue weighted by atomic mass is 16.5. The van der Waals surface area contributed by atoms with Gasteiger partial charge in [-0.05, 0) is 16.9 Å². The molecule has 0 fully saturated rings. The lowest BCUT2D eigenvalue weighted by molar-refractivity contribution is 0.133. The van der Waals surface area contributed by atoms with Crippen molar-refractivity contribution in [3.05, 3.63) is 24.0 Å². The van der Waals surface area contributed by atoms with Crippen molar-refractivity contribution in [2.24, 2.45) is 10.8 Å². The Morgan fingerprint density at radius 1 is 1.38 bits per heavy atom. The van der Waals surface area contributed by atoms with E-state index in [1.165, 1.54) is 0 Å². The van der Waals surface area contributed by atoms with Gasteiger partial charge in [0.05, 0.1) is 12.9 Å². The summed E-state index contributed by atoms with van der Waals surface area (Å²) >= 11 is 0. The largest absolute Gasteiger partial charge is 0.501 e. The Hall–Kier alpha value is -0.720. The molecule has 0 amide bonds. The molecule has 0 saturated carbocycles. The molecule has 1 heteroatoms. The molecule has 1 atom stereocenters. The third kappa shape index (κ3) is 1.96. The fourth-order valence-corrected chi connectivity index (χ4v) is 1.50. The molecule has 0 N–H and O–H groups in total. The van der Waals surface area contributed by atoms with Crippen LogP contribution in [0.1, 0.15) is 34.1 Å². The van der Waals surface area contributed by atoms with Gasteiger partial charge >= 0.3 is 0 Å². The molecule has 1 aliphatic rings. The lowest BCUT2D eigenvalue weighted by Gasteiger charge is -2.41. The third-order valence-electron chi connectivity index (χ3n) is 3.26. The molecule has 0 heterocycles. The molecular weight excluding hydrogens is 160 g/mol. The first-order chi connectivity index (χ1) is 5.89. The summed E-state index contributed by atoms with van der Waals surface area (Å²) in [7, 11) is 1.74. The zero-order valence-corrected chi connectivity index (χ0v) is 9.35. The van der Waals surface area contributed by atoms with E-state index >= 15 is 0 Å². The van der Waals surface area contributed by atoms with Gasteiger partial charge in [0.1, 0.15) is 0 Å². The topological polar surface area (TPSA) is 9.23 Å². The summed E-state index contributed by atoms with van der Waals surface area (Å²) in [6, 6.07) is 0. The summed E-state index contributed by atoms with van der Waals surface area (Å²) in [5.41, 5.74) is 0.495. The zero-order valence-electron chi connectivity index (χ0n) is 9.35. The van der Waals surface area contributed by atoms with Gasteiger partial charge in [0.2, 0.25) is 0 Å². The van der Waals surface area contributed by atoms with Crippen LogP contribution in [-0.4, -0.2) is 7.11 Å². The Labute approximate surface area is 81.5 Å². The van der Waals surface area contributed by atoms with E-state index in [0.29, 0.717) is 0 Å². The van der Waals surface area contributed by atoms with E-state index in [1.807, 2.05) is 6.08 Å². The smallest absolute Gasteiger partial charge is 0.0964 e. The number of rotatable bonds is 1. The number of methoxy groups -OCH3 is 1. The van der Waals surface area contributed by atoms with Crippen LogP contribution in [-0.2, 0) is 4.74 Å². The number of hydrogen-bond donors (Lipinski definition) is 0. The Kier molecular flexibility index (Phi) is 2.56. The number of hydrogen-bond acceptors (Lipinski definition) is 1. The van der Waals surface area contributed by atoms with Gasteiger partial charge in [-0.15, -0.1) is 0 Å². The second-order valence-electron chi connectivity index (χ2n) is 5.04. The minimum atomic E-state index is 0.215. The summed E-state index contributed by atoms with van der Waals surface area (Å²) < 4.78 is 5.29. The SMILES string of the molecule is COC1=CC=CC(C)(C(C)(C)C)C1. The van der Waals surface area contributed by atoms with E-state index in [1.54, 1.807) is 7.11 Å². The van der Waals surface area contributed by atoms with E-state index in [2.05, 4.69) is 39.8 Å². The molecule has 0 spiro atoms. The van der Waals surface area contributed by atoms with Gasteiger partial charge in [-0.2, -0.15) is 0 Å². The lowest BCUT2D eigenvalue weighted by atomic mass is 9.64. The Balaban J connectivity index is 2.87. The maximum Gasteiger partial charge on any atom is 0.0964 e. The van der Waals surface area contributed by atoms with Crippen molar-refractivity contribution >= 4 is 0 Å². The average Bonchev–Trinajstić information content (AvgIpc) is 2.02. The quantitative estimate of drug-likeness (QED) is 0.600. The number of allylic oxidation sites excluding steroid dienone is 4. The van der Waals surface area contributed by atoms with Crippen molar-refractivity contribution in [3.63, 3.8) is 0 Å². The summed E-state index contributed by atoms with van der Waals surface area (Å²) in [5, 5.41) is 0. The molecule has 1 nitrogen and oxygen atoms in total. The molecule has 0 bridgehead atoms. The van der Waals surface area contributed by atoms with Gasteiger partial charge < -0.3 is 4.74 Å². The summed E-state index contributed by atoms with van der Waals surface area (Å²) in [6.45, 7) is 9.11. The monoisotopic (exact) mass is 180 g/mol. The van der Waals surface area contributed by atoms with Gasteiger partial charge in [-0.3, -0.25) is 0 Å². The molecule has 0 saturated heterocycles. The van der Waals surface area contributed by atoms with E-state index in [9.17, 15) is 0 Å². The van der Waals surface area contributed by atoms with E-state index < -0.39 is 0 Å². The third-order valence-corrected chi connectivity index (χ3v) is 3.26. The van der Waals surface area contributed by atoms with Crippen molar-refractivity contribution in [1.29, 1.82) is 0 Å². The van der Waals surface area contributed by atoms with E-state index in [-0.39, 0.29) is 10.8 Å². The predicted molar refractivity (Wildman–Crippen MR) is 56.4 cm³/mol. The first-order valence-corrected chi connectivity index (χ1v) is 4.81. The number of ether oxygens (including phenoxy) is 1. The Morgan fingerprint density at radius 3 is 2.46 bits per heavy atom. The van der Waals surface area contributed by atoms with Gasteiger partial charge in [0, 0.05) is 6.42 Å². The minimum Gasteiger partial charge on any atom is -0.501 e.